The highest BCUT2D eigenvalue weighted by atomic mass is 127. The fraction of sp³-hybridized carbons (Fsp3) is 0.467. The maximum Gasteiger partial charge on any atom is 0.243 e. The number of benzene rings is 1. The molecule has 1 aromatic carbocycles. The third-order valence-corrected chi connectivity index (χ3v) is 3.70. The van der Waals surface area contributed by atoms with Gasteiger partial charge in [0.15, 0.2) is 5.96 Å². The normalized spacial score (nSPS) is 10.8. The first-order valence-corrected chi connectivity index (χ1v) is 7.74. The van der Waals surface area contributed by atoms with Gasteiger partial charge >= 0.3 is 0 Å². The lowest BCUT2D eigenvalue weighted by Gasteiger charge is -2.22. The Morgan fingerprint density at radius 3 is 2.39 bits per heavy atom. The number of carbonyl (C=O) groups is 1. The van der Waals surface area contributed by atoms with Crippen LogP contribution in [0.1, 0.15) is 12.5 Å². The van der Waals surface area contributed by atoms with Crippen LogP contribution in [0.2, 0.25) is 10.0 Å². The lowest BCUT2D eigenvalue weighted by Crippen LogP contribution is -2.39. The van der Waals surface area contributed by atoms with Crippen LogP contribution in [0.25, 0.3) is 0 Å². The van der Waals surface area contributed by atoms with E-state index >= 15 is 0 Å². The number of nitrogens with one attached hydrogen (secondary N) is 1. The van der Waals surface area contributed by atoms with Crippen molar-refractivity contribution in [3.8, 4) is 0 Å². The molecule has 0 aromatic heterocycles. The van der Waals surface area contributed by atoms with Crippen LogP contribution in [0.5, 0.6) is 0 Å². The number of hydrogen-bond donors (Lipinski definition) is 1. The van der Waals surface area contributed by atoms with Crippen LogP contribution in [0, 0.1) is 0 Å². The molecule has 8 heteroatoms. The van der Waals surface area contributed by atoms with Gasteiger partial charge in [-0.25, -0.2) is 4.99 Å². The van der Waals surface area contributed by atoms with E-state index in [0.29, 0.717) is 22.5 Å². The van der Waals surface area contributed by atoms with Crippen LogP contribution >= 0.6 is 47.2 Å². The molecule has 1 aromatic rings. The molecule has 0 bridgehead atoms. The first-order chi connectivity index (χ1) is 10.3. The Bertz CT molecular complexity index is 552. The number of hydrogen-bond acceptors (Lipinski definition) is 2. The fourth-order valence-electron chi connectivity index (χ4n) is 1.74. The van der Waals surface area contributed by atoms with Gasteiger partial charge in [-0.15, -0.1) is 24.0 Å². The van der Waals surface area contributed by atoms with Gasteiger partial charge < -0.3 is 15.1 Å². The van der Waals surface area contributed by atoms with Gasteiger partial charge in [-0.1, -0.05) is 29.3 Å². The maximum atomic E-state index is 11.7. The molecule has 0 saturated heterocycles. The first-order valence-electron chi connectivity index (χ1n) is 6.98. The average molecular weight is 473 g/mol. The number of rotatable bonds is 5. The third-order valence-electron chi connectivity index (χ3n) is 2.96. The molecule has 1 N–H and O–H groups in total. The van der Waals surface area contributed by atoms with Crippen molar-refractivity contribution in [2.45, 2.75) is 13.5 Å². The Kier molecular flexibility index (Phi) is 10.6. The van der Waals surface area contributed by atoms with Crippen LogP contribution in [-0.2, 0) is 11.3 Å². The summed E-state index contributed by atoms with van der Waals surface area (Å²) in [5.41, 5.74) is 1.02. The molecular weight excluding hydrogens is 450 g/mol. The highest BCUT2D eigenvalue weighted by Crippen LogP contribution is 2.23. The summed E-state index contributed by atoms with van der Waals surface area (Å²) in [5.74, 6) is 0.627. The van der Waals surface area contributed by atoms with Gasteiger partial charge in [0.25, 0.3) is 0 Å². The zero-order valence-corrected chi connectivity index (χ0v) is 17.6. The summed E-state index contributed by atoms with van der Waals surface area (Å²) in [6, 6.07) is 5.51. The number of carbonyl (C=O) groups excluding carboxylic acids is 1. The molecule has 0 saturated carbocycles. The van der Waals surface area contributed by atoms with Crippen LogP contribution in [0.4, 0.5) is 0 Å². The Morgan fingerprint density at radius 2 is 1.87 bits per heavy atom. The van der Waals surface area contributed by atoms with Gasteiger partial charge in [-0.3, -0.25) is 4.79 Å². The van der Waals surface area contributed by atoms with E-state index < -0.39 is 0 Å². The summed E-state index contributed by atoms with van der Waals surface area (Å²) >= 11 is 11.9. The van der Waals surface area contributed by atoms with E-state index in [4.69, 9.17) is 23.2 Å². The molecule has 1 amide bonds. The minimum Gasteiger partial charge on any atom is -0.357 e. The SMILES string of the molecule is CCNC(=NCC(=O)N(C)C)N(C)Cc1ccc(Cl)c(Cl)c1.I. The number of guanidine groups is 1. The topological polar surface area (TPSA) is 47.9 Å². The second kappa shape index (κ2) is 10.9. The van der Waals surface area contributed by atoms with Crippen molar-refractivity contribution in [3.05, 3.63) is 33.8 Å². The fourth-order valence-corrected chi connectivity index (χ4v) is 2.06. The zero-order valence-electron chi connectivity index (χ0n) is 13.8. The van der Waals surface area contributed by atoms with Crippen LogP contribution in [0.15, 0.2) is 23.2 Å². The van der Waals surface area contributed by atoms with Gasteiger partial charge in [-0.05, 0) is 24.6 Å². The second-order valence-corrected chi connectivity index (χ2v) is 5.88. The number of halogens is 3. The van der Waals surface area contributed by atoms with Crippen molar-refractivity contribution >= 4 is 59.0 Å². The molecule has 5 nitrogen and oxygen atoms in total. The molecule has 0 aliphatic rings. The quantitative estimate of drug-likeness (QED) is 0.407. The van der Waals surface area contributed by atoms with Crippen LogP contribution in [-0.4, -0.2) is 55.9 Å². The zero-order chi connectivity index (χ0) is 16.7. The predicted molar refractivity (Wildman–Crippen MR) is 108 cm³/mol. The molecule has 0 heterocycles. The largest absolute Gasteiger partial charge is 0.357 e. The van der Waals surface area contributed by atoms with E-state index in [-0.39, 0.29) is 36.4 Å². The lowest BCUT2D eigenvalue weighted by atomic mass is 10.2. The number of nitrogens with zero attached hydrogens (tertiary/aromatic N) is 3. The molecule has 0 unspecified atom stereocenters. The standard InChI is InChI=1S/C15H22Cl2N4O.HI/c1-5-18-15(19-9-14(22)20(2)3)21(4)10-11-6-7-12(16)13(17)8-11;/h6-8H,5,9-10H2,1-4H3,(H,18,19);1H. The summed E-state index contributed by atoms with van der Waals surface area (Å²) in [5, 5.41) is 4.23. The number of amides is 1. The van der Waals surface area contributed by atoms with E-state index in [1.165, 1.54) is 4.90 Å². The van der Waals surface area contributed by atoms with E-state index in [2.05, 4.69) is 10.3 Å². The number of aliphatic imine (C=N–C) groups is 1. The Balaban J connectivity index is 0.00000484. The highest BCUT2D eigenvalue weighted by Gasteiger charge is 2.09. The average Bonchev–Trinajstić information content (AvgIpc) is 2.46. The van der Waals surface area contributed by atoms with Crippen LogP contribution in [0.3, 0.4) is 0 Å². The minimum atomic E-state index is -0.0432. The monoisotopic (exact) mass is 472 g/mol. The van der Waals surface area contributed by atoms with Crippen molar-refractivity contribution < 1.29 is 4.79 Å². The maximum absolute atomic E-state index is 11.7. The molecule has 0 aliphatic heterocycles. The molecule has 0 radical (unpaired) electrons. The summed E-state index contributed by atoms with van der Waals surface area (Å²) in [4.78, 5) is 19.5. The summed E-state index contributed by atoms with van der Waals surface area (Å²) in [6.07, 6.45) is 0. The highest BCUT2D eigenvalue weighted by molar-refractivity contribution is 14.0. The Hall–Kier alpha value is -0.730. The lowest BCUT2D eigenvalue weighted by molar-refractivity contribution is -0.127. The molecule has 0 spiro atoms. The predicted octanol–water partition coefficient (Wildman–Crippen LogP) is 3.10. The van der Waals surface area contributed by atoms with Gasteiger partial charge in [0.05, 0.1) is 10.0 Å². The van der Waals surface area contributed by atoms with Crippen molar-refractivity contribution in [2.75, 3.05) is 34.2 Å². The molecule has 0 aliphatic carbocycles. The van der Waals surface area contributed by atoms with E-state index in [0.717, 1.165) is 12.1 Å². The van der Waals surface area contributed by atoms with E-state index in [9.17, 15) is 4.79 Å². The van der Waals surface area contributed by atoms with Gasteiger partial charge in [0.2, 0.25) is 5.91 Å². The van der Waals surface area contributed by atoms with E-state index in [1.807, 2.05) is 31.0 Å². The van der Waals surface area contributed by atoms with Gasteiger partial charge in [0.1, 0.15) is 6.54 Å². The number of likely N-dealkylation sites (N-methyl/N-ethyl adjacent to an activating group) is 1. The molecule has 23 heavy (non-hydrogen) atoms. The van der Waals surface area contributed by atoms with Crippen molar-refractivity contribution in [3.63, 3.8) is 0 Å². The second-order valence-electron chi connectivity index (χ2n) is 5.06. The van der Waals surface area contributed by atoms with Crippen molar-refractivity contribution in [2.24, 2.45) is 4.99 Å². The molecule has 130 valence electrons. The van der Waals surface area contributed by atoms with E-state index in [1.54, 1.807) is 20.2 Å². The van der Waals surface area contributed by atoms with Crippen molar-refractivity contribution in [1.82, 2.24) is 15.1 Å². The van der Waals surface area contributed by atoms with Crippen molar-refractivity contribution in [1.29, 1.82) is 0 Å². The summed E-state index contributed by atoms with van der Waals surface area (Å²) in [6.45, 7) is 3.43. The van der Waals surface area contributed by atoms with Crippen LogP contribution < -0.4 is 5.32 Å². The minimum absolute atomic E-state index is 0. The first kappa shape index (κ1) is 22.3. The summed E-state index contributed by atoms with van der Waals surface area (Å²) < 4.78 is 0. The Morgan fingerprint density at radius 1 is 1.22 bits per heavy atom. The molecule has 0 fully saturated rings. The Labute approximate surface area is 165 Å². The smallest absolute Gasteiger partial charge is 0.243 e. The third kappa shape index (κ3) is 7.58. The molecule has 1 rings (SSSR count). The van der Waals surface area contributed by atoms with Gasteiger partial charge in [0, 0.05) is 34.2 Å². The summed E-state index contributed by atoms with van der Waals surface area (Å²) in [7, 11) is 5.33. The molecular formula is C15H23Cl2IN4O. The van der Waals surface area contributed by atoms with Gasteiger partial charge in [-0.2, -0.15) is 0 Å². The molecule has 0 atom stereocenters.